The average Bonchev–Trinajstić information content (AvgIpc) is 2.91. The summed E-state index contributed by atoms with van der Waals surface area (Å²) in [6, 6.07) is 1.24. The van der Waals surface area contributed by atoms with Crippen LogP contribution in [-0.4, -0.2) is 30.7 Å². The molecule has 0 aromatic carbocycles. The zero-order valence-corrected chi connectivity index (χ0v) is 13.8. The van der Waals surface area contributed by atoms with Crippen molar-refractivity contribution >= 4 is 21.6 Å². The number of sulfonamides is 1. The molecule has 0 saturated heterocycles. The number of nitrogens with two attached hydrogens (primary N) is 1. The van der Waals surface area contributed by atoms with Gasteiger partial charge in [0.15, 0.2) is 0 Å². The predicted octanol–water partition coefficient (Wildman–Crippen LogP) is 1.56. The molecule has 2 saturated carbocycles. The lowest BCUT2D eigenvalue weighted by Gasteiger charge is -2.32. The summed E-state index contributed by atoms with van der Waals surface area (Å²) in [5.74, 6) is 1.38. The number of halogens is 1. The van der Waals surface area contributed by atoms with Gasteiger partial charge >= 0.3 is 0 Å². The van der Waals surface area contributed by atoms with Gasteiger partial charge in [0, 0.05) is 0 Å². The number of fused-ring (bicyclic) bond motifs is 2. The quantitative estimate of drug-likeness (QED) is 0.861. The molecule has 0 amide bonds. The van der Waals surface area contributed by atoms with Crippen molar-refractivity contribution in [1.82, 2.24) is 4.98 Å². The fourth-order valence-corrected chi connectivity index (χ4v) is 4.49. The molecule has 1 heterocycles. The van der Waals surface area contributed by atoms with Gasteiger partial charge in [-0.1, -0.05) is 11.6 Å². The fourth-order valence-electron chi connectivity index (χ4n) is 3.73. The summed E-state index contributed by atoms with van der Waals surface area (Å²) in [5, 5.41) is 15.3. The van der Waals surface area contributed by atoms with Crippen molar-refractivity contribution in [3.8, 4) is 5.88 Å². The summed E-state index contributed by atoms with van der Waals surface area (Å²) >= 11 is 6.00. The summed E-state index contributed by atoms with van der Waals surface area (Å²) in [7, 11) is -3.82. The van der Waals surface area contributed by atoms with E-state index in [9.17, 15) is 13.5 Å². The van der Waals surface area contributed by atoms with Gasteiger partial charge in [-0.3, -0.25) is 0 Å². The Labute approximate surface area is 134 Å². The van der Waals surface area contributed by atoms with Crippen molar-refractivity contribution in [2.24, 2.45) is 22.9 Å². The molecule has 3 rings (SSSR count). The van der Waals surface area contributed by atoms with Crippen LogP contribution in [0.4, 0.5) is 0 Å². The molecule has 2 aliphatic carbocycles. The largest absolute Gasteiger partial charge is 0.476 e. The van der Waals surface area contributed by atoms with Crippen LogP contribution in [0.5, 0.6) is 5.88 Å². The van der Waals surface area contributed by atoms with Crippen LogP contribution in [0, 0.1) is 17.8 Å². The normalized spacial score (nSPS) is 34.1. The van der Waals surface area contributed by atoms with Gasteiger partial charge in [0.25, 0.3) is 0 Å². The lowest BCUT2D eigenvalue weighted by Crippen LogP contribution is -2.35. The van der Waals surface area contributed by atoms with Crippen LogP contribution in [0.3, 0.4) is 0 Å². The first-order chi connectivity index (χ1) is 10.2. The van der Waals surface area contributed by atoms with Crippen molar-refractivity contribution in [3.05, 3.63) is 17.3 Å². The van der Waals surface area contributed by atoms with Crippen molar-refractivity contribution < 1.29 is 18.3 Å². The van der Waals surface area contributed by atoms with E-state index in [1.54, 1.807) is 0 Å². The second kappa shape index (κ2) is 5.33. The number of rotatable bonds is 4. The van der Waals surface area contributed by atoms with E-state index in [1.807, 2.05) is 6.92 Å². The van der Waals surface area contributed by atoms with Gasteiger partial charge in [0.1, 0.15) is 9.92 Å². The van der Waals surface area contributed by atoms with Gasteiger partial charge in [0.2, 0.25) is 15.9 Å². The standard InChI is InChI=1S/C14H19ClN2O4S/c1-14(18)5-8-2-10(14)3-9(8)7-21-13-12(15)4-11(6-17-13)22(16,19)20/h4,6,8-10,18H,2-3,5,7H2,1H3,(H2,16,19,20)/t8-,9-,10-,14+/m0/s1. The molecule has 2 aliphatic rings. The minimum absolute atomic E-state index is 0.127. The van der Waals surface area contributed by atoms with E-state index in [0.717, 1.165) is 25.5 Å². The van der Waals surface area contributed by atoms with E-state index in [0.29, 0.717) is 24.4 Å². The van der Waals surface area contributed by atoms with Gasteiger partial charge in [-0.2, -0.15) is 0 Å². The monoisotopic (exact) mass is 346 g/mol. The Bertz CT molecular complexity index is 692. The summed E-state index contributed by atoms with van der Waals surface area (Å²) in [6.45, 7) is 2.37. The molecule has 22 heavy (non-hydrogen) atoms. The Morgan fingerprint density at radius 2 is 2.27 bits per heavy atom. The topological polar surface area (TPSA) is 103 Å². The minimum atomic E-state index is -3.82. The minimum Gasteiger partial charge on any atom is -0.476 e. The van der Waals surface area contributed by atoms with Crippen LogP contribution in [0.15, 0.2) is 17.2 Å². The molecule has 2 bridgehead atoms. The SMILES string of the molecule is C[C@@]1(O)C[C@@H]2C[C@H]1C[C@H]2COc1ncc(S(N)(=O)=O)cc1Cl. The third-order valence-corrected chi connectivity index (χ3v) is 6.09. The first kappa shape index (κ1) is 16.0. The van der Waals surface area contributed by atoms with Gasteiger partial charge in [0.05, 0.1) is 18.4 Å². The van der Waals surface area contributed by atoms with Crippen LogP contribution < -0.4 is 9.88 Å². The maximum absolute atomic E-state index is 11.2. The molecule has 0 radical (unpaired) electrons. The van der Waals surface area contributed by atoms with E-state index in [-0.39, 0.29) is 15.8 Å². The number of nitrogens with zero attached hydrogens (tertiary/aromatic N) is 1. The second-order valence-corrected chi connectivity index (χ2v) is 8.53. The summed E-state index contributed by atoms with van der Waals surface area (Å²) in [6.07, 6.45) is 3.91. The molecule has 3 N–H and O–H groups in total. The third kappa shape index (κ3) is 2.95. The zero-order chi connectivity index (χ0) is 16.1. The van der Waals surface area contributed by atoms with Gasteiger partial charge in [-0.15, -0.1) is 0 Å². The van der Waals surface area contributed by atoms with Crippen LogP contribution in [-0.2, 0) is 10.0 Å². The predicted molar refractivity (Wildman–Crippen MR) is 81.1 cm³/mol. The first-order valence-electron chi connectivity index (χ1n) is 7.20. The van der Waals surface area contributed by atoms with Crippen molar-refractivity contribution in [2.45, 2.75) is 36.7 Å². The number of primary sulfonamides is 1. The number of aromatic nitrogens is 1. The lowest BCUT2D eigenvalue weighted by molar-refractivity contribution is -0.0121. The van der Waals surface area contributed by atoms with E-state index < -0.39 is 15.6 Å². The Morgan fingerprint density at radius 1 is 1.55 bits per heavy atom. The molecule has 1 aromatic heterocycles. The average molecular weight is 347 g/mol. The second-order valence-electron chi connectivity index (χ2n) is 6.56. The molecular formula is C14H19ClN2O4S. The Hall–Kier alpha value is -0.890. The smallest absolute Gasteiger partial charge is 0.239 e. The number of hydrogen-bond donors (Lipinski definition) is 2. The van der Waals surface area contributed by atoms with Crippen LogP contribution in [0.1, 0.15) is 26.2 Å². The third-order valence-electron chi connectivity index (χ3n) is 4.94. The van der Waals surface area contributed by atoms with E-state index >= 15 is 0 Å². The molecule has 8 heteroatoms. The number of ether oxygens (including phenoxy) is 1. The number of aliphatic hydroxyl groups is 1. The highest BCUT2D eigenvalue weighted by molar-refractivity contribution is 7.89. The van der Waals surface area contributed by atoms with E-state index in [4.69, 9.17) is 21.5 Å². The molecule has 0 aliphatic heterocycles. The molecule has 0 spiro atoms. The van der Waals surface area contributed by atoms with Gasteiger partial charge in [-0.25, -0.2) is 18.5 Å². The van der Waals surface area contributed by atoms with Gasteiger partial charge < -0.3 is 9.84 Å². The molecule has 122 valence electrons. The van der Waals surface area contributed by atoms with Crippen molar-refractivity contribution in [1.29, 1.82) is 0 Å². The molecular weight excluding hydrogens is 328 g/mol. The van der Waals surface area contributed by atoms with Crippen LogP contribution in [0.2, 0.25) is 5.02 Å². The molecule has 4 atom stereocenters. The van der Waals surface area contributed by atoms with Gasteiger partial charge in [-0.05, 0) is 50.0 Å². The molecule has 6 nitrogen and oxygen atoms in total. The van der Waals surface area contributed by atoms with Crippen LogP contribution >= 0.6 is 11.6 Å². The Morgan fingerprint density at radius 3 is 2.77 bits per heavy atom. The van der Waals surface area contributed by atoms with Crippen molar-refractivity contribution in [3.63, 3.8) is 0 Å². The lowest BCUT2D eigenvalue weighted by atomic mass is 9.80. The summed E-state index contributed by atoms with van der Waals surface area (Å²) < 4.78 is 28.1. The highest BCUT2D eigenvalue weighted by atomic mass is 35.5. The highest BCUT2D eigenvalue weighted by Gasteiger charge is 2.51. The maximum Gasteiger partial charge on any atom is 0.239 e. The maximum atomic E-state index is 11.2. The number of pyridine rings is 1. The summed E-state index contributed by atoms with van der Waals surface area (Å²) in [5.41, 5.74) is -0.547. The first-order valence-corrected chi connectivity index (χ1v) is 9.13. The molecule has 2 fully saturated rings. The molecule has 0 unspecified atom stereocenters. The highest BCUT2D eigenvalue weighted by Crippen LogP contribution is 2.53. The Kier molecular flexibility index (Phi) is 3.87. The Balaban J connectivity index is 1.64. The fraction of sp³-hybridized carbons (Fsp3) is 0.643. The number of hydrogen-bond acceptors (Lipinski definition) is 5. The zero-order valence-electron chi connectivity index (χ0n) is 12.2. The molecule has 1 aromatic rings. The van der Waals surface area contributed by atoms with Crippen molar-refractivity contribution in [2.75, 3.05) is 6.61 Å². The van der Waals surface area contributed by atoms with E-state index in [1.165, 1.54) is 6.07 Å². The van der Waals surface area contributed by atoms with Crippen LogP contribution in [0.25, 0.3) is 0 Å². The summed E-state index contributed by atoms with van der Waals surface area (Å²) in [4.78, 5) is 3.80. The van der Waals surface area contributed by atoms with E-state index in [2.05, 4.69) is 4.98 Å².